The molecule has 1 unspecified atom stereocenters. The molecule has 2 heterocycles. The number of hydrogen-bond acceptors (Lipinski definition) is 8. The lowest BCUT2D eigenvalue weighted by Crippen LogP contribution is -2.17. The van der Waals surface area contributed by atoms with Gasteiger partial charge in [0.1, 0.15) is 23.8 Å². The molecule has 0 aliphatic carbocycles. The first-order valence-corrected chi connectivity index (χ1v) is 6.88. The summed E-state index contributed by atoms with van der Waals surface area (Å²) in [5.41, 5.74) is 0.000402. The Hall–Kier alpha value is -2.82. The van der Waals surface area contributed by atoms with E-state index < -0.39 is 30.0 Å². The molecule has 0 saturated heterocycles. The molecular formula is C13H16FN5O5. The third-order valence-corrected chi connectivity index (χ3v) is 3.11. The van der Waals surface area contributed by atoms with Crippen molar-refractivity contribution in [2.24, 2.45) is 0 Å². The standard InChI is InChI=1S/C13H16FN5O5/c1-7-11(19(21)22)13(24-6-9(14)5-20)17-18(7)10-4-15-8(2)16-12(10)23-3/h4,9,20H,5-6H2,1-3H3. The SMILES string of the molecule is COc1nc(C)ncc1-n1nc(OCC(F)CO)c([N+](=O)[O-])c1C. The minimum Gasteiger partial charge on any atom is -0.479 e. The topological polar surface area (TPSA) is 125 Å². The van der Waals surface area contributed by atoms with Gasteiger partial charge in [0, 0.05) is 0 Å². The molecule has 0 aromatic carbocycles. The number of aliphatic hydroxyl groups excluding tert-OH is 1. The summed E-state index contributed by atoms with van der Waals surface area (Å²) in [5, 5.41) is 23.9. The first-order chi connectivity index (χ1) is 11.4. The van der Waals surface area contributed by atoms with Crippen molar-refractivity contribution < 1.29 is 23.9 Å². The summed E-state index contributed by atoms with van der Waals surface area (Å²) in [5.74, 6) is 0.263. The molecule has 0 fully saturated rings. The van der Waals surface area contributed by atoms with Gasteiger partial charge in [0.05, 0.1) is 24.8 Å². The zero-order valence-corrected chi connectivity index (χ0v) is 13.3. The van der Waals surface area contributed by atoms with Crippen molar-refractivity contribution in [3.05, 3.63) is 27.8 Å². The summed E-state index contributed by atoms with van der Waals surface area (Å²) < 4.78 is 24.5. The van der Waals surface area contributed by atoms with Crippen LogP contribution in [0.2, 0.25) is 0 Å². The van der Waals surface area contributed by atoms with Crippen LogP contribution in [-0.4, -0.2) is 56.3 Å². The second kappa shape index (κ2) is 7.17. The lowest BCUT2D eigenvalue weighted by Gasteiger charge is -2.08. The fourth-order valence-corrected chi connectivity index (χ4v) is 1.97. The van der Waals surface area contributed by atoms with Crippen molar-refractivity contribution in [1.29, 1.82) is 0 Å². The molecule has 0 aliphatic rings. The molecule has 1 atom stereocenters. The van der Waals surface area contributed by atoms with E-state index in [0.29, 0.717) is 5.82 Å². The minimum absolute atomic E-state index is 0.139. The average molecular weight is 341 g/mol. The number of methoxy groups -OCH3 is 1. The van der Waals surface area contributed by atoms with Gasteiger partial charge in [-0.1, -0.05) is 0 Å². The van der Waals surface area contributed by atoms with E-state index in [2.05, 4.69) is 15.1 Å². The van der Waals surface area contributed by atoms with Gasteiger partial charge in [0.2, 0.25) is 5.88 Å². The molecule has 11 heteroatoms. The number of hydrogen-bond donors (Lipinski definition) is 1. The number of ether oxygens (including phenoxy) is 2. The van der Waals surface area contributed by atoms with Crippen molar-refractivity contribution >= 4 is 5.69 Å². The van der Waals surface area contributed by atoms with Crippen LogP contribution in [0.15, 0.2) is 6.20 Å². The molecule has 0 saturated carbocycles. The second-order valence-corrected chi connectivity index (χ2v) is 4.81. The van der Waals surface area contributed by atoms with Crippen molar-refractivity contribution in [3.63, 3.8) is 0 Å². The molecule has 0 bridgehead atoms. The van der Waals surface area contributed by atoms with Crippen LogP contribution in [0.25, 0.3) is 5.69 Å². The van der Waals surface area contributed by atoms with E-state index in [1.807, 2.05) is 0 Å². The van der Waals surface area contributed by atoms with Crippen molar-refractivity contribution in [2.75, 3.05) is 20.3 Å². The molecule has 0 amide bonds. The van der Waals surface area contributed by atoms with Crippen LogP contribution in [0.3, 0.4) is 0 Å². The molecule has 2 aromatic heterocycles. The highest BCUT2D eigenvalue weighted by Crippen LogP contribution is 2.33. The number of alkyl halides is 1. The molecule has 0 spiro atoms. The van der Waals surface area contributed by atoms with Gasteiger partial charge in [-0.25, -0.2) is 14.1 Å². The van der Waals surface area contributed by atoms with Crippen molar-refractivity contribution in [1.82, 2.24) is 19.7 Å². The Morgan fingerprint density at radius 2 is 2.17 bits per heavy atom. The Labute approximate surface area is 136 Å². The summed E-state index contributed by atoms with van der Waals surface area (Å²) in [7, 11) is 1.39. The Balaban J connectivity index is 2.50. The van der Waals surface area contributed by atoms with Gasteiger partial charge in [-0.05, 0) is 13.8 Å². The maximum Gasteiger partial charge on any atom is 0.353 e. The molecule has 2 rings (SSSR count). The van der Waals surface area contributed by atoms with Crippen LogP contribution in [0.4, 0.5) is 10.1 Å². The molecule has 130 valence electrons. The fraction of sp³-hybridized carbons (Fsp3) is 0.462. The van der Waals surface area contributed by atoms with Gasteiger partial charge in [-0.2, -0.15) is 4.98 Å². The highest BCUT2D eigenvalue weighted by atomic mass is 19.1. The van der Waals surface area contributed by atoms with Crippen LogP contribution in [-0.2, 0) is 0 Å². The Morgan fingerprint density at radius 1 is 1.46 bits per heavy atom. The molecule has 2 aromatic rings. The molecule has 0 aliphatic heterocycles. The van der Waals surface area contributed by atoms with Gasteiger partial charge in [0.15, 0.2) is 6.17 Å². The maximum absolute atomic E-state index is 13.1. The summed E-state index contributed by atoms with van der Waals surface area (Å²) in [6.07, 6.45) is -0.271. The minimum atomic E-state index is -1.67. The van der Waals surface area contributed by atoms with E-state index in [9.17, 15) is 14.5 Å². The Bertz CT molecular complexity index is 751. The van der Waals surface area contributed by atoms with E-state index in [4.69, 9.17) is 14.6 Å². The smallest absolute Gasteiger partial charge is 0.353 e. The zero-order valence-electron chi connectivity index (χ0n) is 13.3. The zero-order chi connectivity index (χ0) is 17.9. The van der Waals surface area contributed by atoms with Gasteiger partial charge >= 0.3 is 11.6 Å². The molecule has 10 nitrogen and oxygen atoms in total. The highest BCUT2D eigenvalue weighted by molar-refractivity contribution is 5.51. The predicted molar refractivity (Wildman–Crippen MR) is 79.3 cm³/mol. The Kier molecular flexibility index (Phi) is 5.24. The summed E-state index contributed by atoms with van der Waals surface area (Å²) in [6.45, 7) is 1.80. The van der Waals surface area contributed by atoms with Crippen LogP contribution in [0.1, 0.15) is 11.5 Å². The molecular weight excluding hydrogens is 325 g/mol. The van der Waals surface area contributed by atoms with Crippen LogP contribution < -0.4 is 9.47 Å². The molecule has 24 heavy (non-hydrogen) atoms. The maximum atomic E-state index is 13.1. The van der Waals surface area contributed by atoms with Gasteiger partial charge in [-0.3, -0.25) is 10.1 Å². The predicted octanol–water partition coefficient (Wildman–Crippen LogP) is 0.905. The third-order valence-electron chi connectivity index (χ3n) is 3.11. The number of aliphatic hydroxyl groups is 1. The van der Waals surface area contributed by atoms with Crippen molar-refractivity contribution in [2.45, 2.75) is 20.0 Å². The fourth-order valence-electron chi connectivity index (χ4n) is 1.97. The van der Waals surface area contributed by atoms with Crippen LogP contribution >= 0.6 is 0 Å². The molecule has 0 radical (unpaired) electrons. The number of aryl methyl sites for hydroxylation is 1. The first kappa shape index (κ1) is 17.5. The highest BCUT2D eigenvalue weighted by Gasteiger charge is 2.29. The normalized spacial score (nSPS) is 12.0. The average Bonchev–Trinajstić information content (AvgIpc) is 2.88. The van der Waals surface area contributed by atoms with Gasteiger partial charge in [0.25, 0.3) is 0 Å². The lowest BCUT2D eigenvalue weighted by atomic mass is 10.3. The largest absolute Gasteiger partial charge is 0.479 e. The quantitative estimate of drug-likeness (QED) is 0.582. The summed E-state index contributed by atoms with van der Waals surface area (Å²) in [4.78, 5) is 18.7. The van der Waals surface area contributed by atoms with E-state index in [-0.39, 0.29) is 23.1 Å². The second-order valence-electron chi connectivity index (χ2n) is 4.81. The Morgan fingerprint density at radius 3 is 2.75 bits per heavy atom. The number of halogens is 1. The van der Waals surface area contributed by atoms with Gasteiger partial charge in [-0.15, -0.1) is 5.10 Å². The number of rotatable bonds is 7. The first-order valence-electron chi connectivity index (χ1n) is 6.88. The molecule has 1 N–H and O–H groups in total. The monoisotopic (exact) mass is 341 g/mol. The van der Waals surface area contributed by atoms with Gasteiger partial charge < -0.3 is 14.6 Å². The lowest BCUT2D eigenvalue weighted by molar-refractivity contribution is -0.386. The van der Waals surface area contributed by atoms with Crippen LogP contribution in [0.5, 0.6) is 11.8 Å². The van der Waals surface area contributed by atoms with E-state index in [1.54, 1.807) is 6.92 Å². The number of nitro groups is 1. The summed E-state index contributed by atoms with van der Waals surface area (Å²) in [6, 6.07) is 0. The van der Waals surface area contributed by atoms with E-state index in [1.165, 1.54) is 24.9 Å². The van der Waals surface area contributed by atoms with Crippen molar-refractivity contribution in [3.8, 4) is 17.4 Å². The number of aromatic nitrogens is 4. The van der Waals surface area contributed by atoms with Crippen LogP contribution in [0, 0.1) is 24.0 Å². The van der Waals surface area contributed by atoms with E-state index >= 15 is 0 Å². The summed E-state index contributed by atoms with van der Waals surface area (Å²) >= 11 is 0. The number of nitrogens with zero attached hydrogens (tertiary/aromatic N) is 5. The third kappa shape index (κ3) is 3.40. The van der Waals surface area contributed by atoms with E-state index in [0.717, 1.165) is 0 Å².